The molecule has 144 valence electrons. The average Bonchev–Trinajstić information content (AvgIpc) is 2.95. The van der Waals surface area contributed by atoms with Crippen LogP contribution in [-0.4, -0.2) is 59.9 Å². The summed E-state index contributed by atoms with van der Waals surface area (Å²) >= 11 is 6.05. The molecule has 2 heterocycles. The van der Waals surface area contributed by atoms with Crippen LogP contribution in [0.3, 0.4) is 0 Å². The molecule has 0 atom stereocenters. The number of hydrogen-bond acceptors (Lipinski definition) is 4. The van der Waals surface area contributed by atoms with Crippen molar-refractivity contribution in [1.82, 2.24) is 14.8 Å². The highest BCUT2D eigenvalue weighted by Crippen LogP contribution is 2.21. The lowest BCUT2D eigenvalue weighted by Crippen LogP contribution is -2.48. The molecule has 2 aromatic rings. The Kier molecular flexibility index (Phi) is 5.87. The van der Waals surface area contributed by atoms with Crippen molar-refractivity contribution in [2.45, 2.75) is 20.4 Å². The normalized spacial score (nSPS) is 15.0. The van der Waals surface area contributed by atoms with Crippen molar-refractivity contribution in [3.05, 3.63) is 57.4 Å². The number of carbonyl (C=O) groups is 2. The summed E-state index contributed by atoms with van der Waals surface area (Å²) in [6.07, 6.45) is 0. The maximum absolute atomic E-state index is 12.9. The van der Waals surface area contributed by atoms with Crippen molar-refractivity contribution >= 4 is 23.5 Å². The average molecular weight is 390 g/mol. The molecular formula is C20H24ClN3O3. The van der Waals surface area contributed by atoms with Crippen molar-refractivity contribution in [3.8, 4) is 0 Å². The molecule has 7 heteroatoms. The second kappa shape index (κ2) is 8.15. The first-order valence-electron chi connectivity index (χ1n) is 8.94. The Morgan fingerprint density at radius 2 is 1.89 bits per heavy atom. The fourth-order valence-electron chi connectivity index (χ4n) is 3.53. The van der Waals surface area contributed by atoms with E-state index < -0.39 is 5.97 Å². The van der Waals surface area contributed by atoms with Gasteiger partial charge >= 0.3 is 5.97 Å². The van der Waals surface area contributed by atoms with E-state index in [1.165, 1.54) is 12.7 Å². The Bertz CT molecular complexity index is 854. The van der Waals surface area contributed by atoms with Gasteiger partial charge in [-0.2, -0.15) is 0 Å². The van der Waals surface area contributed by atoms with Crippen molar-refractivity contribution in [2.75, 3.05) is 33.3 Å². The van der Waals surface area contributed by atoms with E-state index in [-0.39, 0.29) is 5.91 Å². The van der Waals surface area contributed by atoms with E-state index in [2.05, 4.69) is 16.0 Å². The van der Waals surface area contributed by atoms with Gasteiger partial charge in [0.2, 0.25) is 0 Å². The van der Waals surface area contributed by atoms with Gasteiger partial charge in [-0.05, 0) is 37.1 Å². The fourth-order valence-corrected chi connectivity index (χ4v) is 3.75. The molecular weight excluding hydrogens is 366 g/mol. The molecule has 6 nitrogen and oxygen atoms in total. The first-order chi connectivity index (χ1) is 12.9. The molecule has 27 heavy (non-hydrogen) atoms. The Morgan fingerprint density at radius 1 is 1.19 bits per heavy atom. The maximum atomic E-state index is 12.9. The summed E-state index contributed by atoms with van der Waals surface area (Å²) in [5, 5.41) is 0.736. The van der Waals surface area contributed by atoms with E-state index in [1.54, 1.807) is 13.8 Å². The Balaban J connectivity index is 1.64. The second-order valence-electron chi connectivity index (χ2n) is 6.81. The predicted octanol–water partition coefficient (Wildman–Crippen LogP) is 3.03. The number of aromatic nitrogens is 1. The van der Waals surface area contributed by atoms with Crippen LogP contribution in [0.2, 0.25) is 5.02 Å². The lowest BCUT2D eigenvalue weighted by Gasteiger charge is -2.34. The van der Waals surface area contributed by atoms with Crippen molar-refractivity contribution < 1.29 is 14.3 Å². The van der Waals surface area contributed by atoms with Gasteiger partial charge in [0.25, 0.3) is 5.91 Å². The molecule has 1 amide bonds. The third-order valence-corrected chi connectivity index (χ3v) is 5.23. The van der Waals surface area contributed by atoms with Gasteiger partial charge in [-0.3, -0.25) is 9.69 Å². The van der Waals surface area contributed by atoms with Crippen LogP contribution in [0.4, 0.5) is 0 Å². The standard InChI is InChI=1S/C20H24ClN3O3/c1-13-17(20(26)27-3)14(2)22-18(13)19(25)24-9-7-23(8-10-24)12-15-5-4-6-16(21)11-15/h4-6,11,22H,7-10,12H2,1-3H3. The zero-order valence-electron chi connectivity index (χ0n) is 15.8. The quantitative estimate of drug-likeness (QED) is 0.816. The number of nitrogens with one attached hydrogen (secondary N) is 1. The van der Waals surface area contributed by atoms with Gasteiger partial charge in [-0.1, -0.05) is 23.7 Å². The summed E-state index contributed by atoms with van der Waals surface area (Å²) in [5.74, 6) is -0.500. The molecule has 1 N–H and O–H groups in total. The van der Waals surface area contributed by atoms with Gasteiger partial charge in [0, 0.05) is 43.4 Å². The highest BCUT2D eigenvalue weighted by atomic mass is 35.5. The summed E-state index contributed by atoms with van der Waals surface area (Å²) in [5.41, 5.74) is 3.38. The van der Waals surface area contributed by atoms with Crippen LogP contribution in [0.5, 0.6) is 0 Å². The minimum Gasteiger partial charge on any atom is -0.465 e. The molecule has 0 saturated carbocycles. The second-order valence-corrected chi connectivity index (χ2v) is 7.25. The van der Waals surface area contributed by atoms with E-state index in [1.807, 2.05) is 23.1 Å². The van der Waals surface area contributed by atoms with Crippen LogP contribution < -0.4 is 0 Å². The van der Waals surface area contributed by atoms with Crippen LogP contribution in [0.15, 0.2) is 24.3 Å². The zero-order chi connectivity index (χ0) is 19.6. The third kappa shape index (κ3) is 4.17. The van der Waals surface area contributed by atoms with Crippen molar-refractivity contribution in [2.24, 2.45) is 0 Å². The number of esters is 1. The summed E-state index contributed by atoms with van der Waals surface area (Å²) < 4.78 is 4.82. The van der Waals surface area contributed by atoms with Crippen molar-refractivity contribution in [3.63, 3.8) is 0 Å². The van der Waals surface area contributed by atoms with Gasteiger partial charge in [0.1, 0.15) is 5.69 Å². The number of carbonyl (C=O) groups excluding carboxylic acids is 2. The van der Waals surface area contributed by atoms with Gasteiger partial charge in [-0.15, -0.1) is 0 Å². The number of benzene rings is 1. The van der Waals surface area contributed by atoms with Gasteiger partial charge in [0.05, 0.1) is 12.7 Å². The van der Waals surface area contributed by atoms with Crippen molar-refractivity contribution in [1.29, 1.82) is 0 Å². The van der Waals surface area contributed by atoms with Gasteiger partial charge < -0.3 is 14.6 Å². The monoisotopic (exact) mass is 389 g/mol. The third-order valence-electron chi connectivity index (χ3n) is 5.00. The highest BCUT2D eigenvalue weighted by Gasteiger charge is 2.27. The maximum Gasteiger partial charge on any atom is 0.339 e. The number of halogens is 1. The highest BCUT2D eigenvalue weighted by molar-refractivity contribution is 6.30. The molecule has 1 aliphatic rings. The smallest absolute Gasteiger partial charge is 0.339 e. The number of amides is 1. The fraction of sp³-hybridized carbons (Fsp3) is 0.400. The molecule has 0 unspecified atom stereocenters. The number of ether oxygens (including phenoxy) is 1. The van der Waals surface area contributed by atoms with E-state index in [0.717, 1.165) is 24.7 Å². The zero-order valence-corrected chi connectivity index (χ0v) is 16.6. The number of methoxy groups -OCH3 is 1. The lowest BCUT2D eigenvalue weighted by atomic mass is 10.1. The molecule has 0 bridgehead atoms. The molecule has 0 spiro atoms. The molecule has 0 radical (unpaired) electrons. The summed E-state index contributed by atoms with van der Waals surface area (Å²) in [4.78, 5) is 32.0. The van der Waals surface area contributed by atoms with Crippen LogP contribution in [0.25, 0.3) is 0 Å². The Labute approximate surface area is 164 Å². The number of aromatic amines is 1. The summed E-state index contributed by atoms with van der Waals surface area (Å²) in [7, 11) is 1.34. The molecule has 1 aromatic carbocycles. The predicted molar refractivity (Wildman–Crippen MR) is 104 cm³/mol. The number of aryl methyl sites for hydroxylation is 1. The number of rotatable bonds is 4. The van der Waals surface area contributed by atoms with E-state index in [4.69, 9.17) is 16.3 Å². The molecule has 1 saturated heterocycles. The number of nitrogens with zero attached hydrogens (tertiary/aromatic N) is 2. The lowest BCUT2D eigenvalue weighted by molar-refractivity contribution is 0.0599. The Hall–Kier alpha value is -2.31. The molecule has 0 aliphatic carbocycles. The SMILES string of the molecule is COC(=O)c1c(C)[nH]c(C(=O)N2CCN(Cc3cccc(Cl)c3)CC2)c1C. The minimum absolute atomic E-state index is 0.0758. The summed E-state index contributed by atoms with van der Waals surface area (Å²) in [6.45, 7) is 7.24. The van der Waals surface area contributed by atoms with Crippen LogP contribution in [-0.2, 0) is 11.3 Å². The van der Waals surface area contributed by atoms with Crippen LogP contribution in [0, 0.1) is 13.8 Å². The van der Waals surface area contributed by atoms with E-state index in [9.17, 15) is 9.59 Å². The number of H-pyrrole nitrogens is 1. The number of hydrogen-bond donors (Lipinski definition) is 1. The van der Waals surface area contributed by atoms with Crippen LogP contribution in [0.1, 0.15) is 37.7 Å². The first kappa shape index (κ1) is 19.5. The summed E-state index contributed by atoms with van der Waals surface area (Å²) in [6, 6.07) is 7.85. The molecule has 1 aromatic heterocycles. The minimum atomic E-state index is -0.424. The van der Waals surface area contributed by atoms with E-state index in [0.29, 0.717) is 35.6 Å². The van der Waals surface area contributed by atoms with Gasteiger partial charge in [-0.25, -0.2) is 4.79 Å². The molecule has 3 rings (SSSR count). The van der Waals surface area contributed by atoms with Crippen LogP contribution >= 0.6 is 11.6 Å². The largest absolute Gasteiger partial charge is 0.465 e. The van der Waals surface area contributed by atoms with Gasteiger partial charge in [0.15, 0.2) is 0 Å². The molecule has 1 aliphatic heterocycles. The number of piperazine rings is 1. The topological polar surface area (TPSA) is 65.6 Å². The molecule has 1 fully saturated rings. The first-order valence-corrected chi connectivity index (χ1v) is 9.32. The van der Waals surface area contributed by atoms with E-state index >= 15 is 0 Å². The Morgan fingerprint density at radius 3 is 2.52 bits per heavy atom.